The molecule has 0 aliphatic carbocycles. The first-order valence-corrected chi connectivity index (χ1v) is 4.51. The molecule has 0 unspecified atom stereocenters. The molecule has 0 N–H and O–H groups in total. The Hall–Kier alpha value is -1.51. The van der Waals surface area contributed by atoms with Gasteiger partial charge in [0.2, 0.25) is 0 Å². The van der Waals surface area contributed by atoms with Gasteiger partial charge >= 0.3 is 0 Å². The van der Waals surface area contributed by atoms with E-state index in [4.69, 9.17) is 9.47 Å². The quantitative estimate of drug-likeness (QED) is 0.690. The van der Waals surface area contributed by atoms with Crippen LogP contribution in [-0.2, 0) is 4.79 Å². The van der Waals surface area contributed by atoms with Gasteiger partial charge in [0, 0.05) is 0 Å². The van der Waals surface area contributed by atoms with Crippen LogP contribution in [-0.4, -0.2) is 12.6 Å². The fourth-order valence-electron chi connectivity index (χ4n) is 1.14. The van der Waals surface area contributed by atoms with E-state index in [1.54, 1.807) is 18.2 Å². The van der Waals surface area contributed by atoms with Crippen LogP contribution in [0.4, 0.5) is 0 Å². The maximum absolute atomic E-state index is 10.1. The summed E-state index contributed by atoms with van der Waals surface area (Å²) >= 11 is 0. The highest BCUT2D eigenvalue weighted by Crippen LogP contribution is 2.23. The number of carbonyl (C=O) groups is 1. The second kappa shape index (κ2) is 4.65. The van der Waals surface area contributed by atoms with Crippen molar-refractivity contribution in [2.24, 2.45) is 0 Å². The van der Waals surface area contributed by atoms with Gasteiger partial charge in [0.05, 0.1) is 6.10 Å². The topological polar surface area (TPSA) is 35.5 Å². The van der Waals surface area contributed by atoms with E-state index < -0.39 is 0 Å². The lowest BCUT2D eigenvalue weighted by Gasteiger charge is -2.12. The van der Waals surface area contributed by atoms with Crippen molar-refractivity contribution in [2.75, 3.05) is 0 Å². The molecule has 0 aromatic heterocycles. The van der Waals surface area contributed by atoms with E-state index >= 15 is 0 Å². The number of ether oxygens (including phenoxy) is 2. The average Bonchev–Trinajstić information content (AvgIpc) is 2.10. The highest BCUT2D eigenvalue weighted by Gasteiger charge is 2.03. The van der Waals surface area contributed by atoms with E-state index in [0.717, 1.165) is 11.3 Å². The number of hydrogen-bond donors (Lipinski definition) is 0. The van der Waals surface area contributed by atoms with E-state index in [-0.39, 0.29) is 6.10 Å². The van der Waals surface area contributed by atoms with Crippen LogP contribution in [0.3, 0.4) is 0 Å². The molecule has 0 aliphatic heterocycles. The van der Waals surface area contributed by atoms with Crippen molar-refractivity contribution in [2.45, 2.75) is 26.9 Å². The van der Waals surface area contributed by atoms with Gasteiger partial charge in [0.15, 0.2) is 0 Å². The monoisotopic (exact) mass is 194 g/mol. The Balaban J connectivity index is 2.83. The lowest BCUT2D eigenvalue weighted by molar-refractivity contribution is -0.120. The fourth-order valence-corrected chi connectivity index (χ4v) is 1.14. The van der Waals surface area contributed by atoms with Crippen molar-refractivity contribution in [1.29, 1.82) is 0 Å². The van der Waals surface area contributed by atoms with E-state index in [9.17, 15) is 4.79 Å². The minimum absolute atomic E-state index is 0.145. The Morgan fingerprint density at radius 3 is 2.57 bits per heavy atom. The second-order valence-corrected chi connectivity index (χ2v) is 3.31. The minimum atomic E-state index is 0.145. The van der Waals surface area contributed by atoms with E-state index in [0.29, 0.717) is 12.2 Å². The van der Waals surface area contributed by atoms with Crippen LogP contribution in [0.25, 0.3) is 0 Å². The largest absolute Gasteiger partial charge is 0.491 e. The van der Waals surface area contributed by atoms with Crippen molar-refractivity contribution in [1.82, 2.24) is 0 Å². The van der Waals surface area contributed by atoms with Gasteiger partial charge in [-0.2, -0.15) is 0 Å². The van der Waals surface area contributed by atoms with Gasteiger partial charge < -0.3 is 9.47 Å². The van der Waals surface area contributed by atoms with Gasteiger partial charge in [-0.05, 0) is 44.5 Å². The Bertz CT molecular complexity index is 318. The smallest absolute Gasteiger partial charge is 0.298 e. The highest BCUT2D eigenvalue weighted by atomic mass is 16.5. The fraction of sp³-hybridized carbons (Fsp3) is 0.364. The van der Waals surface area contributed by atoms with Crippen LogP contribution < -0.4 is 9.47 Å². The summed E-state index contributed by atoms with van der Waals surface area (Å²) in [6.45, 7) is 6.26. The SMILES string of the molecule is Cc1cc(OC=O)ccc1OC(C)C. The number of aryl methyl sites for hydroxylation is 1. The molecule has 0 bridgehead atoms. The molecule has 1 rings (SSSR count). The van der Waals surface area contributed by atoms with E-state index in [2.05, 4.69) is 0 Å². The number of rotatable bonds is 4. The summed E-state index contributed by atoms with van der Waals surface area (Å²) < 4.78 is 10.2. The molecular formula is C11H14O3. The van der Waals surface area contributed by atoms with E-state index in [1.807, 2.05) is 20.8 Å². The zero-order valence-corrected chi connectivity index (χ0v) is 8.61. The van der Waals surface area contributed by atoms with Crippen LogP contribution in [0.15, 0.2) is 18.2 Å². The van der Waals surface area contributed by atoms with Crippen LogP contribution in [0.1, 0.15) is 19.4 Å². The second-order valence-electron chi connectivity index (χ2n) is 3.31. The molecule has 3 heteroatoms. The van der Waals surface area contributed by atoms with Crippen molar-refractivity contribution in [3.63, 3.8) is 0 Å². The Morgan fingerprint density at radius 1 is 1.36 bits per heavy atom. The third kappa shape index (κ3) is 2.76. The lowest BCUT2D eigenvalue weighted by Crippen LogP contribution is -2.06. The zero-order valence-electron chi connectivity index (χ0n) is 8.61. The summed E-state index contributed by atoms with van der Waals surface area (Å²) in [5.74, 6) is 1.35. The predicted molar refractivity (Wildman–Crippen MR) is 53.6 cm³/mol. The first-order valence-electron chi connectivity index (χ1n) is 4.51. The number of carbonyl (C=O) groups excluding carboxylic acids is 1. The van der Waals surface area contributed by atoms with Crippen molar-refractivity contribution in [3.05, 3.63) is 23.8 Å². The molecule has 0 radical (unpaired) electrons. The first-order chi connectivity index (χ1) is 6.63. The van der Waals surface area contributed by atoms with E-state index in [1.165, 1.54) is 0 Å². The van der Waals surface area contributed by atoms with Crippen LogP contribution in [0, 0.1) is 6.92 Å². The average molecular weight is 194 g/mol. The third-order valence-electron chi connectivity index (χ3n) is 1.69. The third-order valence-corrected chi connectivity index (χ3v) is 1.69. The van der Waals surface area contributed by atoms with Gasteiger partial charge in [0.25, 0.3) is 6.47 Å². The van der Waals surface area contributed by atoms with Gasteiger partial charge in [0.1, 0.15) is 11.5 Å². The Morgan fingerprint density at radius 2 is 2.07 bits per heavy atom. The van der Waals surface area contributed by atoms with Crippen LogP contribution in [0.2, 0.25) is 0 Å². The highest BCUT2D eigenvalue weighted by molar-refractivity contribution is 5.48. The van der Waals surface area contributed by atoms with Gasteiger partial charge in [-0.1, -0.05) is 0 Å². The molecule has 1 aromatic carbocycles. The summed E-state index contributed by atoms with van der Waals surface area (Å²) in [6, 6.07) is 5.28. The molecular weight excluding hydrogens is 180 g/mol. The molecule has 0 saturated heterocycles. The summed E-state index contributed by atoms with van der Waals surface area (Å²) in [5, 5.41) is 0. The van der Waals surface area contributed by atoms with Crippen molar-refractivity contribution >= 4 is 6.47 Å². The molecule has 0 spiro atoms. The van der Waals surface area contributed by atoms with Crippen LogP contribution >= 0.6 is 0 Å². The summed E-state index contributed by atoms with van der Waals surface area (Å²) in [6.07, 6.45) is 0.145. The van der Waals surface area contributed by atoms with Gasteiger partial charge in [-0.3, -0.25) is 4.79 Å². The first kappa shape index (κ1) is 10.6. The lowest BCUT2D eigenvalue weighted by atomic mass is 10.2. The molecule has 3 nitrogen and oxygen atoms in total. The van der Waals surface area contributed by atoms with Crippen molar-refractivity contribution < 1.29 is 14.3 Å². The molecule has 0 fully saturated rings. The molecule has 0 saturated carbocycles. The van der Waals surface area contributed by atoms with Crippen molar-refractivity contribution in [3.8, 4) is 11.5 Å². The molecule has 0 atom stereocenters. The normalized spacial score (nSPS) is 10.0. The maximum atomic E-state index is 10.1. The molecule has 0 heterocycles. The molecule has 14 heavy (non-hydrogen) atoms. The molecule has 76 valence electrons. The predicted octanol–water partition coefficient (Wildman–Crippen LogP) is 2.32. The molecule has 0 amide bonds. The standard InChI is InChI=1S/C11H14O3/c1-8(2)14-11-5-4-10(13-7-12)6-9(11)3/h4-8H,1-3H3. The molecule has 0 aliphatic rings. The Labute approximate surface area is 83.6 Å². The maximum Gasteiger partial charge on any atom is 0.298 e. The van der Waals surface area contributed by atoms with Gasteiger partial charge in [-0.15, -0.1) is 0 Å². The zero-order chi connectivity index (χ0) is 10.6. The van der Waals surface area contributed by atoms with Crippen LogP contribution in [0.5, 0.6) is 11.5 Å². The summed E-state index contributed by atoms with van der Waals surface area (Å²) in [7, 11) is 0. The summed E-state index contributed by atoms with van der Waals surface area (Å²) in [4.78, 5) is 10.1. The summed E-state index contributed by atoms with van der Waals surface area (Å²) in [5.41, 5.74) is 0.957. The molecule has 1 aromatic rings. The number of benzene rings is 1. The van der Waals surface area contributed by atoms with Gasteiger partial charge in [-0.25, -0.2) is 0 Å². The minimum Gasteiger partial charge on any atom is -0.491 e. The Kier molecular flexibility index (Phi) is 3.51. The number of hydrogen-bond acceptors (Lipinski definition) is 3.